The third kappa shape index (κ3) is 21.7. The van der Waals surface area contributed by atoms with E-state index in [0.29, 0.717) is 6.42 Å². The lowest BCUT2D eigenvalue weighted by Gasteiger charge is -2.09. The number of carboxylic acids is 1. The number of allylic oxidation sites excluding steroid dienone is 2. The molecular formula is C26H50O3. The van der Waals surface area contributed by atoms with Gasteiger partial charge in [-0.2, -0.15) is 0 Å². The highest BCUT2D eigenvalue weighted by Crippen LogP contribution is 2.14. The average Bonchev–Trinajstić information content (AvgIpc) is 2.71. The Morgan fingerprint density at radius 2 is 1.07 bits per heavy atom. The fourth-order valence-corrected chi connectivity index (χ4v) is 3.80. The van der Waals surface area contributed by atoms with E-state index in [1.54, 1.807) is 0 Å². The van der Waals surface area contributed by atoms with Crippen LogP contribution in [0.5, 0.6) is 0 Å². The van der Waals surface area contributed by atoms with Gasteiger partial charge in [-0.05, 0) is 32.1 Å². The van der Waals surface area contributed by atoms with Crippen molar-refractivity contribution in [2.45, 2.75) is 141 Å². The van der Waals surface area contributed by atoms with E-state index in [9.17, 15) is 4.79 Å². The molecule has 0 rings (SSSR count). The Morgan fingerprint density at radius 1 is 0.690 bits per heavy atom. The lowest BCUT2D eigenvalue weighted by atomic mass is 10.0. The Labute approximate surface area is 181 Å². The summed E-state index contributed by atoms with van der Waals surface area (Å²) in [6.45, 7) is 2.27. The Morgan fingerprint density at radius 3 is 1.45 bits per heavy atom. The van der Waals surface area contributed by atoms with Crippen LogP contribution in [0.25, 0.3) is 0 Å². The first-order chi connectivity index (χ1) is 14.2. The molecule has 0 aromatic rings. The molecule has 1 unspecified atom stereocenters. The van der Waals surface area contributed by atoms with Gasteiger partial charge in [0.05, 0.1) is 0 Å². The first kappa shape index (κ1) is 28.2. The van der Waals surface area contributed by atoms with Crippen molar-refractivity contribution in [3.05, 3.63) is 12.2 Å². The van der Waals surface area contributed by atoms with Crippen LogP contribution in [-0.4, -0.2) is 24.3 Å². The minimum atomic E-state index is -0.836. The summed E-state index contributed by atoms with van der Waals surface area (Å²) < 4.78 is 4.95. The van der Waals surface area contributed by atoms with Crippen molar-refractivity contribution < 1.29 is 14.6 Å². The van der Waals surface area contributed by atoms with Crippen molar-refractivity contribution in [2.75, 3.05) is 7.11 Å². The van der Waals surface area contributed by atoms with Crippen LogP contribution in [0.4, 0.5) is 0 Å². The highest BCUT2D eigenvalue weighted by atomic mass is 16.5. The van der Waals surface area contributed by atoms with E-state index in [4.69, 9.17) is 9.84 Å². The molecule has 0 radical (unpaired) electrons. The minimum absolute atomic E-state index is 0.619. The quantitative estimate of drug-likeness (QED) is 0.136. The van der Waals surface area contributed by atoms with Gasteiger partial charge in [0.1, 0.15) is 0 Å². The van der Waals surface area contributed by atoms with Gasteiger partial charge < -0.3 is 9.84 Å². The number of carbonyl (C=O) groups is 1. The number of methoxy groups -OCH3 is 1. The lowest BCUT2D eigenvalue weighted by Crippen LogP contribution is -2.21. The fourth-order valence-electron chi connectivity index (χ4n) is 3.80. The van der Waals surface area contributed by atoms with Gasteiger partial charge in [0, 0.05) is 7.11 Å². The summed E-state index contributed by atoms with van der Waals surface area (Å²) in [5.41, 5.74) is 0. The minimum Gasteiger partial charge on any atom is -0.479 e. The van der Waals surface area contributed by atoms with Crippen molar-refractivity contribution >= 4 is 5.97 Å². The molecule has 3 heteroatoms. The first-order valence-electron chi connectivity index (χ1n) is 12.6. The number of unbranched alkanes of at least 4 members (excludes halogenated alkanes) is 17. The van der Waals surface area contributed by atoms with Crippen LogP contribution in [-0.2, 0) is 9.53 Å². The maximum absolute atomic E-state index is 10.8. The summed E-state index contributed by atoms with van der Waals surface area (Å²) in [4.78, 5) is 10.8. The largest absolute Gasteiger partial charge is 0.479 e. The van der Waals surface area contributed by atoms with Crippen LogP contribution >= 0.6 is 0 Å². The maximum Gasteiger partial charge on any atom is 0.332 e. The van der Waals surface area contributed by atoms with Crippen molar-refractivity contribution in [3.63, 3.8) is 0 Å². The van der Waals surface area contributed by atoms with Crippen molar-refractivity contribution in [1.29, 1.82) is 0 Å². The molecule has 0 aliphatic carbocycles. The summed E-state index contributed by atoms with van der Waals surface area (Å²) in [5, 5.41) is 8.91. The van der Waals surface area contributed by atoms with Crippen LogP contribution in [0.3, 0.4) is 0 Å². The molecule has 0 amide bonds. The number of rotatable bonds is 23. The van der Waals surface area contributed by atoms with Gasteiger partial charge in [-0.15, -0.1) is 0 Å². The third-order valence-corrected chi connectivity index (χ3v) is 5.79. The van der Waals surface area contributed by atoms with E-state index >= 15 is 0 Å². The zero-order valence-electron chi connectivity index (χ0n) is 19.6. The van der Waals surface area contributed by atoms with Crippen molar-refractivity contribution in [1.82, 2.24) is 0 Å². The molecule has 0 aromatic carbocycles. The van der Waals surface area contributed by atoms with E-state index in [-0.39, 0.29) is 0 Å². The standard InChI is InChI=1S/C26H50O3/c1-3-4-5-6-7-8-9-10-11-12-13-14-15-16-17-18-19-20-21-22-23-24-25(29-2)26(27)28/h8-9,25H,3-7,10-24H2,1-2H3,(H,27,28). The molecule has 0 fully saturated rings. The first-order valence-corrected chi connectivity index (χ1v) is 12.6. The Bertz CT molecular complexity index is 365. The number of ether oxygens (including phenoxy) is 1. The molecule has 0 heterocycles. The molecule has 1 N–H and O–H groups in total. The predicted octanol–water partition coefficient (Wildman–Crippen LogP) is 8.46. The second-order valence-corrected chi connectivity index (χ2v) is 8.56. The maximum atomic E-state index is 10.8. The summed E-state index contributed by atoms with van der Waals surface area (Å²) in [5.74, 6) is -0.836. The highest BCUT2D eigenvalue weighted by Gasteiger charge is 2.14. The third-order valence-electron chi connectivity index (χ3n) is 5.79. The van der Waals surface area contributed by atoms with Crippen molar-refractivity contribution in [2.24, 2.45) is 0 Å². The molecule has 0 aliphatic rings. The van der Waals surface area contributed by atoms with Crippen LogP contribution in [0.1, 0.15) is 135 Å². The molecule has 0 aliphatic heterocycles. The zero-order chi connectivity index (χ0) is 21.4. The molecule has 0 bridgehead atoms. The van der Waals surface area contributed by atoms with Crippen LogP contribution < -0.4 is 0 Å². The van der Waals surface area contributed by atoms with Crippen LogP contribution in [0.2, 0.25) is 0 Å². The number of hydrogen-bond acceptors (Lipinski definition) is 2. The van der Waals surface area contributed by atoms with Gasteiger partial charge in [-0.1, -0.05) is 115 Å². The SMILES string of the molecule is CCCCCCC=CCCCCCCCCCCCCCCCC(OC)C(=O)O. The van der Waals surface area contributed by atoms with Gasteiger partial charge in [0.25, 0.3) is 0 Å². The van der Waals surface area contributed by atoms with Crippen LogP contribution in [0.15, 0.2) is 12.2 Å². The monoisotopic (exact) mass is 410 g/mol. The number of hydrogen-bond donors (Lipinski definition) is 1. The van der Waals surface area contributed by atoms with E-state index in [0.717, 1.165) is 12.8 Å². The fraction of sp³-hybridized carbons (Fsp3) is 0.885. The molecule has 29 heavy (non-hydrogen) atoms. The average molecular weight is 411 g/mol. The highest BCUT2D eigenvalue weighted by molar-refractivity contribution is 5.72. The van der Waals surface area contributed by atoms with Crippen LogP contribution in [0, 0.1) is 0 Å². The van der Waals surface area contributed by atoms with Gasteiger partial charge in [0.2, 0.25) is 0 Å². The Balaban J connectivity index is 3.15. The smallest absolute Gasteiger partial charge is 0.332 e. The molecule has 0 spiro atoms. The summed E-state index contributed by atoms with van der Waals surface area (Å²) in [7, 11) is 1.48. The topological polar surface area (TPSA) is 46.5 Å². The summed E-state index contributed by atoms with van der Waals surface area (Å²) >= 11 is 0. The van der Waals surface area contributed by atoms with Gasteiger partial charge in [0.15, 0.2) is 6.10 Å². The van der Waals surface area contributed by atoms with E-state index in [1.165, 1.54) is 116 Å². The van der Waals surface area contributed by atoms with E-state index < -0.39 is 12.1 Å². The van der Waals surface area contributed by atoms with Gasteiger partial charge in [-0.3, -0.25) is 0 Å². The number of carboxylic acid groups (broad SMARTS) is 1. The second kappa shape index (κ2) is 23.4. The second-order valence-electron chi connectivity index (χ2n) is 8.56. The molecule has 3 nitrogen and oxygen atoms in total. The summed E-state index contributed by atoms with van der Waals surface area (Å²) in [6, 6.07) is 0. The Hall–Kier alpha value is -0.830. The van der Waals surface area contributed by atoms with Gasteiger partial charge in [-0.25, -0.2) is 4.79 Å². The van der Waals surface area contributed by atoms with E-state index in [1.807, 2.05) is 0 Å². The predicted molar refractivity (Wildman–Crippen MR) is 126 cm³/mol. The normalized spacial score (nSPS) is 12.6. The molecule has 0 aromatic heterocycles. The molecular weight excluding hydrogens is 360 g/mol. The summed E-state index contributed by atoms with van der Waals surface area (Å²) in [6.07, 6.45) is 29.9. The molecule has 0 saturated carbocycles. The number of aliphatic carboxylic acids is 1. The van der Waals surface area contributed by atoms with Crippen molar-refractivity contribution in [3.8, 4) is 0 Å². The molecule has 1 atom stereocenters. The van der Waals surface area contributed by atoms with E-state index in [2.05, 4.69) is 19.1 Å². The van der Waals surface area contributed by atoms with Gasteiger partial charge >= 0.3 is 5.97 Å². The zero-order valence-corrected chi connectivity index (χ0v) is 19.6. The lowest BCUT2D eigenvalue weighted by molar-refractivity contribution is -0.148. The Kier molecular flexibility index (Phi) is 22.8. The molecule has 172 valence electrons. The molecule has 0 saturated heterocycles.